The Kier molecular flexibility index (Phi) is 5.21. The minimum absolute atomic E-state index is 0.184. The number of fused-ring (bicyclic) bond motifs is 2. The molecule has 1 saturated carbocycles. The van der Waals surface area contributed by atoms with E-state index in [4.69, 9.17) is 4.74 Å². The Bertz CT molecular complexity index is 1090. The van der Waals surface area contributed by atoms with Gasteiger partial charge in [-0.2, -0.15) is 0 Å². The zero-order chi connectivity index (χ0) is 21.8. The summed E-state index contributed by atoms with van der Waals surface area (Å²) in [5.74, 6) is 1.30. The van der Waals surface area contributed by atoms with Crippen LogP contribution in [0.25, 0.3) is 0 Å². The molecule has 7 nitrogen and oxygen atoms in total. The number of hydrogen-bond acceptors (Lipinski definition) is 7. The summed E-state index contributed by atoms with van der Waals surface area (Å²) in [5, 5.41) is 3.14. The van der Waals surface area contributed by atoms with Crippen LogP contribution in [0.15, 0.2) is 29.4 Å². The topological polar surface area (TPSA) is 84.4 Å². The van der Waals surface area contributed by atoms with Gasteiger partial charge in [0.2, 0.25) is 5.88 Å². The molecule has 0 amide bonds. The molecule has 2 saturated heterocycles. The highest BCUT2D eigenvalue weighted by atomic mass is 32.2. The van der Waals surface area contributed by atoms with Gasteiger partial charge in [0.15, 0.2) is 17.8 Å². The first-order chi connectivity index (χ1) is 14.8. The molecular weight excluding hydrogens is 411 g/mol. The highest BCUT2D eigenvalue weighted by Gasteiger charge is 2.39. The molecule has 3 atom stereocenters. The number of anilines is 2. The van der Waals surface area contributed by atoms with Crippen LogP contribution >= 0.6 is 0 Å². The number of nitrogens with zero attached hydrogens (tertiary/aromatic N) is 3. The Morgan fingerprint density at radius 1 is 1.10 bits per heavy atom. The van der Waals surface area contributed by atoms with Gasteiger partial charge in [-0.15, -0.1) is 0 Å². The van der Waals surface area contributed by atoms with Gasteiger partial charge in [0.1, 0.15) is 18.2 Å². The fourth-order valence-corrected chi connectivity index (χ4v) is 6.69. The summed E-state index contributed by atoms with van der Waals surface area (Å²) in [6.45, 7) is 3.87. The van der Waals surface area contributed by atoms with Crippen LogP contribution in [-0.2, 0) is 9.84 Å². The molecule has 3 aliphatic rings. The number of aromatic nitrogens is 2. The lowest BCUT2D eigenvalue weighted by molar-refractivity contribution is 0.0922. The van der Waals surface area contributed by atoms with Gasteiger partial charge in [-0.3, -0.25) is 0 Å². The normalized spacial score (nSPS) is 26.1. The Labute approximate surface area is 185 Å². The number of ether oxygens (including phenoxy) is 1. The van der Waals surface area contributed by atoms with Gasteiger partial charge < -0.3 is 14.9 Å². The molecule has 3 heterocycles. The van der Waals surface area contributed by atoms with Crippen LogP contribution in [0.1, 0.15) is 49.7 Å². The summed E-state index contributed by atoms with van der Waals surface area (Å²) in [5.41, 5.74) is 2.57. The van der Waals surface area contributed by atoms with Crippen LogP contribution in [0, 0.1) is 13.8 Å². The van der Waals surface area contributed by atoms with E-state index in [1.165, 1.54) is 19.2 Å². The molecule has 5 rings (SSSR count). The predicted octanol–water partition coefficient (Wildman–Crippen LogP) is 2.70. The predicted molar refractivity (Wildman–Crippen MR) is 122 cm³/mol. The molecule has 1 aromatic heterocycles. The zero-order valence-electron chi connectivity index (χ0n) is 18.3. The lowest BCUT2D eigenvalue weighted by Crippen LogP contribution is -2.44. The summed E-state index contributed by atoms with van der Waals surface area (Å²) in [6.07, 6.45) is 7.82. The molecule has 9 heteroatoms. The quantitative estimate of drug-likeness (QED) is 0.692. The van der Waals surface area contributed by atoms with Crippen molar-refractivity contribution in [1.82, 2.24) is 14.8 Å². The summed E-state index contributed by atoms with van der Waals surface area (Å²) in [7, 11) is -0.972. The Balaban J connectivity index is 1.32. The van der Waals surface area contributed by atoms with E-state index in [1.54, 1.807) is 12.1 Å². The maximum Gasteiger partial charge on any atom is 0.221 e. The third-order valence-electron chi connectivity index (χ3n) is 7.11. The lowest BCUT2D eigenvalue weighted by atomic mass is 9.96. The van der Waals surface area contributed by atoms with Gasteiger partial charge in [-0.05, 0) is 76.1 Å². The molecule has 1 aromatic carbocycles. The molecule has 2 aromatic rings. The Hall–Kier alpha value is -2.13. The maximum atomic E-state index is 12.5. The summed E-state index contributed by atoms with van der Waals surface area (Å²) in [6, 6.07) is 6.47. The van der Waals surface area contributed by atoms with E-state index >= 15 is 0 Å². The van der Waals surface area contributed by atoms with E-state index in [9.17, 15) is 8.42 Å². The van der Waals surface area contributed by atoms with Gasteiger partial charge in [-0.25, -0.2) is 18.4 Å². The van der Waals surface area contributed by atoms with Crippen LogP contribution < -0.4 is 10.1 Å². The maximum absolute atomic E-state index is 12.5. The number of rotatable bonds is 6. The number of sulfone groups is 1. The largest absolute Gasteiger partial charge is 0.474 e. The lowest BCUT2D eigenvalue weighted by Gasteiger charge is -2.36. The van der Waals surface area contributed by atoms with E-state index in [-0.39, 0.29) is 11.4 Å². The minimum atomic E-state index is -3.19. The van der Waals surface area contributed by atoms with Crippen molar-refractivity contribution in [3.63, 3.8) is 0 Å². The van der Waals surface area contributed by atoms with Crippen molar-refractivity contribution in [3.8, 4) is 5.88 Å². The average Bonchev–Trinajstić information content (AvgIpc) is 3.56. The van der Waals surface area contributed by atoms with Crippen LogP contribution in [0.5, 0.6) is 5.88 Å². The summed E-state index contributed by atoms with van der Waals surface area (Å²) in [4.78, 5) is 11.7. The van der Waals surface area contributed by atoms with E-state index in [0.29, 0.717) is 28.7 Å². The second kappa shape index (κ2) is 7.78. The number of piperidine rings is 1. The highest BCUT2D eigenvalue weighted by Crippen LogP contribution is 2.37. The Morgan fingerprint density at radius 2 is 1.81 bits per heavy atom. The molecule has 0 radical (unpaired) electrons. The SMILES string of the molecule is BN1C2CC[C@H]1CC(Oc1ncnc(Nc3ccc(S(=O)(=O)C4CC4)cc3C)c1C)C2. The molecule has 1 N–H and O–H groups in total. The first-order valence-electron chi connectivity index (χ1n) is 11.1. The third-order valence-corrected chi connectivity index (χ3v) is 9.37. The van der Waals surface area contributed by atoms with Crippen LogP contribution in [0.2, 0.25) is 0 Å². The molecule has 1 aliphatic carbocycles. The van der Waals surface area contributed by atoms with Gasteiger partial charge in [0.25, 0.3) is 0 Å². The van der Waals surface area contributed by atoms with Crippen molar-refractivity contribution in [1.29, 1.82) is 0 Å². The van der Waals surface area contributed by atoms with Crippen LogP contribution in [0.3, 0.4) is 0 Å². The number of aryl methyl sites for hydroxylation is 1. The molecule has 2 aliphatic heterocycles. The molecule has 2 unspecified atom stereocenters. The third kappa shape index (κ3) is 3.93. The van der Waals surface area contributed by atoms with Crippen molar-refractivity contribution in [2.24, 2.45) is 0 Å². The van der Waals surface area contributed by atoms with Crippen LogP contribution in [-0.4, -0.2) is 54.6 Å². The van der Waals surface area contributed by atoms with Crippen molar-refractivity contribution >= 4 is 29.3 Å². The zero-order valence-corrected chi connectivity index (χ0v) is 19.2. The smallest absolute Gasteiger partial charge is 0.221 e. The summed E-state index contributed by atoms with van der Waals surface area (Å²) >= 11 is 0. The van der Waals surface area contributed by atoms with E-state index < -0.39 is 9.84 Å². The van der Waals surface area contributed by atoms with Gasteiger partial charge in [-0.1, -0.05) is 0 Å². The second-order valence-electron chi connectivity index (χ2n) is 9.26. The van der Waals surface area contributed by atoms with Crippen molar-refractivity contribution < 1.29 is 13.2 Å². The minimum Gasteiger partial charge on any atom is -0.474 e. The van der Waals surface area contributed by atoms with Gasteiger partial charge in [0, 0.05) is 17.8 Å². The number of nitrogens with one attached hydrogen (secondary N) is 1. The van der Waals surface area contributed by atoms with Crippen molar-refractivity contribution in [3.05, 3.63) is 35.7 Å². The summed E-state index contributed by atoms with van der Waals surface area (Å²) < 4.78 is 31.4. The molecule has 31 heavy (non-hydrogen) atoms. The van der Waals surface area contributed by atoms with Crippen molar-refractivity contribution in [2.75, 3.05) is 5.32 Å². The van der Waals surface area contributed by atoms with Crippen molar-refractivity contribution in [2.45, 2.75) is 80.7 Å². The fourth-order valence-electron chi connectivity index (χ4n) is 4.95. The number of hydrogen-bond donors (Lipinski definition) is 1. The first-order valence-corrected chi connectivity index (χ1v) is 12.7. The molecular formula is C22H29BN4O3S. The van der Waals surface area contributed by atoms with E-state index in [1.807, 2.05) is 19.9 Å². The standard InChI is InChI=1S/C22H29BN4O3S/c1-13-9-19(31(28,29)18-5-6-18)7-8-20(13)26-21-14(2)22(25-12-24-21)30-17-10-15-3-4-16(11-17)27(15)23/h7-9,12,15-18H,3-6,10-11,23H2,1-2H3,(H,24,25,26)/t15-,16?,17?/m0/s1. The fraction of sp³-hybridized carbons (Fsp3) is 0.545. The van der Waals surface area contributed by atoms with Gasteiger partial charge in [0.05, 0.1) is 15.7 Å². The van der Waals surface area contributed by atoms with E-state index in [0.717, 1.165) is 42.5 Å². The highest BCUT2D eigenvalue weighted by molar-refractivity contribution is 7.92. The molecule has 2 bridgehead atoms. The second-order valence-corrected chi connectivity index (χ2v) is 11.5. The molecule has 0 spiro atoms. The monoisotopic (exact) mass is 440 g/mol. The van der Waals surface area contributed by atoms with Gasteiger partial charge >= 0.3 is 0 Å². The Morgan fingerprint density at radius 3 is 2.45 bits per heavy atom. The molecule has 164 valence electrons. The number of benzene rings is 1. The molecule has 3 fully saturated rings. The van der Waals surface area contributed by atoms with E-state index in [2.05, 4.69) is 28.1 Å². The first kappa shape index (κ1) is 20.8. The average molecular weight is 440 g/mol. The van der Waals surface area contributed by atoms with Crippen LogP contribution in [0.4, 0.5) is 11.5 Å².